The highest BCUT2D eigenvalue weighted by Crippen LogP contribution is 2.25. The van der Waals surface area contributed by atoms with Crippen LogP contribution in [0.3, 0.4) is 0 Å². The quantitative estimate of drug-likeness (QED) is 0.414. The first-order valence-corrected chi connectivity index (χ1v) is 11.8. The Morgan fingerprint density at radius 1 is 1.10 bits per heavy atom. The number of nitrogens with zero attached hydrogens (tertiary/aromatic N) is 1. The number of aromatic nitrogens is 1. The predicted octanol–water partition coefficient (Wildman–Crippen LogP) is 4.26. The van der Waals surface area contributed by atoms with Crippen LogP contribution in [0.2, 0.25) is 5.02 Å². The summed E-state index contributed by atoms with van der Waals surface area (Å²) < 4.78 is 30.1. The van der Waals surface area contributed by atoms with E-state index >= 15 is 0 Å². The average molecular weight is 465 g/mol. The van der Waals surface area contributed by atoms with Crippen LogP contribution in [0.1, 0.15) is 27.8 Å². The zero-order chi connectivity index (χ0) is 21.9. The van der Waals surface area contributed by atoms with Gasteiger partial charge in [0.2, 0.25) is 15.8 Å². The Hall–Kier alpha value is -2.75. The van der Waals surface area contributed by atoms with Crippen LogP contribution >= 0.6 is 22.9 Å². The van der Waals surface area contributed by atoms with E-state index in [9.17, 15) is 18.0 Å². The molecule has 0 aliphatic rings. The Morgan fingerprint density at radius 3 is 2.33 bits per heavy atom. The number of hydrogen-bond donors (Lipinski definition) is 1. The molecule has 0 saturated carbocycles. The average Bonchev–Trinajstić information content (AvgIpc) is 3.17. The number of halogens is 1. The van der Waals surface area contributed by atoms with Crippen LogP contribution < -0.4 is 4.72 Å². The highest BCUT2D eigenvalue weighted by atomic mass is 35.5. The van der Waals surface area contributed by atoms with E-state index in [0.29, 0.717) is 15.7 Å². The van der Waals surface area contributed by atoms with Gasteiger partial charge in [-0.05, 0) is 43.3 Å². The number of thiazole rings is 1. The summed E-state index contributed by atoms with van der Waals surface area (Å²) in [6.45, 7) is 1.47. The third kappa shape index (κ3) is 5.65. The second kappa shape index (κ2) is 8.95. The molecule has 0 fully saturated rings. The molecule has 0 amide bonds. The van der Waals surface area contributed by atoms with Crippen molar-refractivity contribution in [3.8, 4) is 10.6 Å². The Bertz CT molecular complexity index is 1170. The van der Waals surface area contributed by atoms with Gasteiger partial charge in [0.05, 0.1) is 6.26 Å². The van der Waals surface area contributed by atoms with Crippen molar-refractivity contribution < 1.29 is 22.7 Å². The Morgan fingerprint density at radius 2 is 1.73 bits per heavy atom. The Labute approximate surface area is 182 Å². The molecule has 0 aliphatic heterocycles. The molecule has 1 unspecified atom stereocenters. The van der Waals surface area contributed by atoms with Gasteiger partial charge in [-0.3, -0.25) is 9.52 Å². The molecule has 10 heteroatoms. The molecule has 7 nitrogen and oxygen atoms in total. The molecule has 0 spiro atoms. The number of rotatable bonds is 7. The van der Waals surface area contributed by atoms with Crippen molar-refractivity contribution in [1.82, 2.24) is 4.98 Å². The van der Waals surface area contributed by atoms with E-state index in [1.54, 1.807) is 29.6 Å². The zero-order valence-electron chi connectivity index (χ0n) is 16.0. The standard InChI is InChI=1S/C20H17ClN2O5S2/c1-12(18(24)13-5-9-16(10-6-13)23-30(2,26)27)28-20(25)17-11-29-19(22-17)14-3-7-15(21)8-4-14/h3-12,23H,1-2H3. The van der Waals surface area contributed by atoms with Crippen molar-refractivity contribution in [3.05, 3.63) is 70.2 Å². The molecule has 0 bridgehead atoms. The number of ketones is 1. The topological polar surface area (TPSA) is 102 Å². The fourth-order valence-electron chi connectivity index (χ4n) is 2.52. The third-order valence-corrected chi connectivity index (χ3v) is 5.68. The monoisotopic (exact) mass is 464 g/mol. The van der Waals surface area contributed by atoms with Crippen LogP contribution in [-0.4, -0.2) is 37.5 Å². The number of carbonyl (C=O) groups is 2. The van der Waals surface area contributed by atoms with Crippen molar-refractivity contribution in [2.75, 3.05) is 11.0 Å². The third-order valence-electron chi connectivity index (χ3n) is 3.93. The molecular weight excluding hydrogens is 448 g/mol. The van der Waals surface area contributed by atoms with E-state index < -0.39 is 27.9 Å². The lowest BCUT2D eigenvalue weighted by molar-refractivity contribution is 0.0314. The first-order chi connectivity index (χ1) is 14.1. The maximum Gasteiger partial charge on any atom is 0.358 e. The van der Waals surface area contributed by atoms with Crippen LogP contribution in [0.4, 0.5) is 5.69 Å². The number of sulfonamides is 1. The van der Waals surface area contributed by atoms with Gasteiger partial charge >= 0.3 is 5.97 Å². The molecule has 1 N–H and O–H groups in total. The lowest BCUT2D eigenvalue weighted by Gasteiger charge is -2.12. The Kier molecular flexibility index (Phi) is 6.55. The molecule has 2 aromatic carbocycles. The molecule has 3 aromatic rings. The van der Waals surface area contributed by atoms with Crippen molar-refractivity contribution in [2.24, 2.45) is 0 Å². The molecule has 1 heterocycles. The number of nitrogens with one attached hydrogen (secondary N) is 1. The molecule has 0 saturated heterocycles. The number of ether oxygens (including phenoxy) is 1. The van der Waals surface area contributed by atoms with E-state index in [1.165, 1.54) is 42.5 Å². The fraction of sp³-hybridized carbons (Fsp3) is 0.150. The summed E-state index contributed by atoms with van der Waals surface area (Å²) in [5.41, 5.74) is 1.54. The van der Waals surface area contributed by atoms with Gasteiger partial charge in [0.25, 0.3) is 0 Å². The van der Waals surface area contributed by atoms with Crippen LogP contribution in [-0.2, 0) is 14.8 Å². The molecule has 0 radical (unpaired) electrons. The Balaban J connectivity index is 1.65. The second-order valence-corrected chi connectivity index (χ2v) is 9.45. The van der Waals surface area contributed by atoms with Gasteiger partial charge in [-0.1, -0.05) is 23.7 Å². The molecule has 1 aromatic heterocycles. The minimum absolute atomic E-state index is 0.109. The number of Topliss-reactive ketones (excluding diaryl/α,β-unsaturated/α-hetero) is 1. The second-order valence-electron chi connectivity index (χ2n) is 6.41. The first kappa shape index (κ1) is 21.9. The summed E-state index contributed by atoms with van der Waals surface area (Å²) in [6.07, 6.45) is -0.00312. The molecule has 156 valence electrons. The van der Waals surface area contributed by atoms with Gasteiger partial charge < -0.3 is 4.74 Å². The highest BCUT2D eigenvalue weighted by molar-refractivity contribution is 7.92. The van der Waals surface area contributed by atoms with Crippen LogP contribution in [0.15, 0.2) is 53.9 Å². The van der Waals surface area contributed by atoms with Gasteiger partial charge in [0.15, 0.2) is 11.8 Å². The molecule has 30 heavy (non-hydrogen) atoms. The van der Waals surface area contributed by atoms with Crippen LogP contribution in [0.25, 0.3) is 10.6 Å². The van der Waals surface area contributed by atoms with Gasteiger partial charge in [0.1, 0.15) is 5.01 Å². The fourth-order valence-corrected chi connectivity index (χ4v) is 4.00. The van der Waals surface area contributed by atoms with Crippen molar-refractivity contribution in [1.29, 1.82) is 0 Å². The summed E-state index contributed by atoms with van der Waals surface area (Å²) in [4.78, 5) is 29.2. The van der Waals surface area contributed by atoms with E-state index in [-0.39, 0.29) is 11.3 Å². The van der Waals surface area contributed by atoms with E-state index in [4.69, 9.17) is 16.3 Å². The zero-order valence-corrected chi connectivity index (χ0v) is 18.3. The number of benzene rings is 2. The highest BCUT2D eigenvalue weighted by Gasteiger charge is 2.22. The minimum Gasteiger partial charge on any atom is -0.450 e. The summed E-state index contributed by atoms with van der Waals surface area (Å²) in [7, 11) is -3.41. The normalized spacial score (nSPS) is 12.2. The van der Waals surface area contributed by atoms with Gasteiger partial charge in [0, 0.05) is 27.2 Å². The van der Waals surface area contributed by atoms with E-state index in [0.717, 1.165) is 11.8 Å². The van der Waals surface area contributed by atoms with Crippen molar-refractivity contribution >= 4 is 50.4 Å². The maximum absolute atomic E-state index is 12.5. The molecule has 3 rings (SSSR count). The van der Waals surface area contributed by atoms with Gasteiger partial charge in [-0.25, -0.2) is 18.2 Å². The van der Waals surface area contributed by atoms with Crippen LogP contribution in [0, 0.1) is 0 Å². The lowest BCUT2D eigenvalue weighted by Crippen LogP contribution is -2.24. The number of esters is 1. The van der Waals surface area contributed by atoms with Gasteiger partial charge in [-0.15, -0.1) is 11.3 Å². The molecule has 0 aliphatic carbocycles. The number of anilines is 1. The lowest BCUT2D eigenvalue weighted by atomic mass is 10.1. The van der Waals surface area contributed by atoms with Crippen molar-refractivity contribution in [2.45, 2.75) is 13.0 Å². The van der Waals surface area contributed by atoms with Crippen molar-refractivity contribution in [3.63, 3.8) is 0 Å². The number of carbonyl (C=O) groups excluding carboxylic acids is 2. The smallest absolute Gasteiger partial charge is 0.358 e. The summed E-state index contributed by atoms with van der Waals surface area (Å²) >= 11 is 7.15. The van der Waals surface area contributed by atoms with Gasteiger partial charge in [-0.2, -0.15) is 0 Å². The molecular formula is C20H17ClN2O5S2. The van der Waals surface area contributed by atoms with Crippen LogP contribution in [0.5, 0.6) is 0 Å². The predicted molar refractivity (Wildman–Crippen MR) is 117 cm³/mol. The first-order valence-electron chi connectivity index (χ1n) is 8.67. The largest absolute Gasteiger partial charge is 0.450 e. The van der Waals surface area contributed by atoms with E-state index in [2.05, 4.69) is 9.71 Å². The number of hydrogen-bond acceptors (Lipinski definition) is 7. The SMILES string of the molecule is CC(OC(=O)c1csc(-c2ccc(Cl)cc2)n1)C(=O)c1ccc(NS(C)(=O)=O)cc1. The maximum atomic E-state index is 12.5. The summed E-state index contributed by atoms with van der Waals surface area (Å²) in [6, 6.07) is 12.9. The molecule has 1 atom stereocenters. The minimum atomic E-state index is -3.41. The van der Waals surface area contributed by atoms with E-state index in [1.807, 2.05) is 0 Å². The summed E-state index contributed by atoms with van der Waals surface area (Å²) in [5.74, 6) is -1.12. The summed E-state index contributed by atoms with van der Waals surface area (Å²) in [5, 5.41) is 2.80.